The maximum Gasteiger partial charge on any atom is 0.242 e. The van der Waals surface area contributed by atoms with E-state index in [2.05, 4.69) is 13.8 Å². The highest BCUT2D eigenvalue weighted by Crippen LogP contribution is 2.17. The third kappa shape index (κ3) is 3.37. The molecule has 0 heterocycles. The highest BCUT2D eigenvalue weighted by Gasteiger charge is 2.30. The first-order valence-electron chi connectivity index (χ1n) is 5.02. The zero-order chi connectivity index (χ0) is 11.4. The molecule has 3 heteroatoms. The summed E-state index contributed by atoms with van der Waals surface area (Å²) in [5, 5.41) is 8.81. The van der Waals surface area contributed by atoms with Gasteiger partial charge in [-0.1, -0.05) is 20.3 Å². The number of hydrogen-bond donors (Lipinski definition) is 0. The van der Waals surface area contributed by atoms with Gasteiger partial charge in [-0.15, -0.1) is 0 Å². The summed E-state index contributed by atoms with van der Waals surface area (Å²) in [5.74, 6) is 0.388. The summed E-state index contributed by atoms with van der Waals surface area (Å²) >= 11 is 0. The summed E-state index contributed by atoms with van der Waals surface area (Å²) in [6.45, 7) is 8.23. The van der Waals surface area contributed by atoms with Gasteiger partial charge in [0.25, 0.3) is 0 Å². The molecule has 0 bridgehead atoms. The van der Waals surface area contributed by atoms with Crippen LogP contribution in [0.2, 0.25) is 0 Å². The monoisotopic (exact) mass is 196 g/mol. The molecule has 0 radical (unpaired) electrons. The lowest BCUT2D eigenvalue weighted by Gasteiger charge is -2.26. The molecule has 0 saturated heterocycles. The van der Waals surface area contributed by atoms with Gasteiger partial charge in [0.15, 0.2) is 0 Å². The predicted octanol–water partition coefficient (Wildman–Crippen LogP) is 2.04. The van der Waals surface area contributed by atoms with Gasteiger partial charge in [-0.25, -0.2) is 0 Å². The summed E-state index contributed by atoms with van der Waals surface area (Å²) in [5.41, 5.74) is -0.901. The second-order valence-electron chi connectivity index (χ2n) is 4.44. The normalized spacial score (nSPS) is 13.1. The van der Waals surface area contributed by atoms with E-state index in [1.54, 1.807) is 25.8 Å². The quantitative estimate of drug-likeness (QED) is 0.690. The Bertz CT molecular complexity index is 240. The summed E-state index contributed by atoms with van der Waals surface area (Å²) in [6, 6.07) is 2.02. The molecule has 0 aliphatic rings. The third-order valence-corrected chi connectivity index (χ3v) is 2.44. The van der Waals surface area contributed by atoms with Crippen LogP contribution in [0.25, 0.3) is 0 Å². The van der Waals surface area contributed by atoms with Crippen LogP contribution in [0.1, 0.15) is 34.1 Å². The Morgan fingerprint density at radius 3 is 2.43 bits per heavy atom. The van der Waals surface area contributed by atoms with E-state index in [-0.39, 0.29) is 5.91 Å². The Labute approximate surface area is 86.7 Å². The Kier molecular flexibility index (Phi) is 4.62. The molecule has 0 spiro atoms. The fourth-order valence-electron chi connectivity index (χ4n) is 1.20. The summed E-state index contributed by atoms with van der Waals surface area (Å²) < 4.78 is 0. The molecule has 0 aromatic heterocycles. The Hall–Kier alpha value is -1.04. The lowest BCUT2D eigenvalue weighted by molar-refractivity contribution is -0.136. The molecular weight excluding hydrogens is 176 g/mol. The van der Waals surface area contributed by atoms with E-state index in [9.17, 15) is 4.79 Å². The average molecular weight is 196 g/mol. The minimum absolute atomic E-state index is 0.0969. The van der Waals surface area contributed by atoms with Crippen LogP contribution in [0.4, 0.5) is 0 Å². The molecule has 3 nitrogen and oxygen atoms in total. The van der Waals surface area contributed by atoms with Crippen molar-refractivity contribution in [2.24, 2.45) is 11.3 Å². The maximum absolute atomic E-state index is 11.8. The van der Waals surface area contributed by atoms with Crippen molar-refractivity contribution in [3.63, 3.8) is 0 Å². The molecule has 0 aromatic rings. The third-order valence-electron chi connectivity index (χ3n) is 2.44. The highest BCUT2D eigenvalue weighted by atomic mass is 16.2. The Morgan fingerprint density at radius 2 is 2.07 bits per heavy atom. The van der Waals surface area contributed by atoms with Crippen molar-refractivity contribution in [2.45, 2.75) is 34.1 Å². The van der Waals surface area contributed by atoms with Crippen molar-refractivity contribution in [1.82, 2.24) is 4.90 Å². The van der Waals surface area contributed by atoms with Gasteiger partial charge in [0.1, 0.15) is 5.41 Å². The minimum atomic E-state index is -0.901. The number of hydrogen-bond acceptors (Lipinski definition) is 2. The number of carbonyl (C=O) groups is 1. The van der Waals surface area contributed by atoms with E-state index >= 15 is 0 Å². The molecule has 0 saturated carbocycles. The number of nitriles is 1. The number of carbonyl (C=O) groups excluding carboxylic acids is 1. The molecule has 0 aromatic carbocycles. The van der Waals surface area contributed by atoms with E-state index in [1.165, 1.54) is 0 Å². The standard InChI is InChI=1S/C11H20N2O/c1-6-9(2)7-13(5)10(14)11(3,4)8-12/h9H,6-7H2,1-5H3. The van der Waals surface area contributed by atoms with Gasteiger partial charge in [0.2, 0.25) is 5.91 Å². The van der Waals surface area contributed by atoms with Crippen LogP contribution in [-0.4, -0.2) is 24.4 Å². The lowest BCUT2D eigenvalue weighted by atomic mass is 9.93. The molecule has 1 atom stereocenters. The maximum atomic E-state index is 11.8. The molecule has 1 amide bonds. The van der Waals surface area contributed by atoms with Crippen LogP contribution in [-0.2, 0) is 4.79 Å². The first kappa shape index (κ1) is 13.0. The molecule has 80 valence electrons. The van der Waals surface area contributed by atoms with Gasteiger partial charge in [-0.2, -0.15) is 5.26 Å². The summed E-state index contributed by atoms with van der Waals surface area (Å²) in [4.78, 5) is 13.4. The average Bonchev–Trinajstić information content (AvgIpc) is 2.16. The van der Waals surface area contributed by atoms with Gasteiger partial charge < -0.3 is 4.90 Å². The van der Waals surface area contributed by atoms with Crippen LogP contribution < -0.4 is 0 Å². The SMILES string of the molecule is CCC(C)CN(C)C(=O)C(C)(C)C#N. The number of rotatable bonds is 4. The van der Waals surface area contributed by atoms with E-state index in [0.29, 0.717) is 5.92 Å². The Morgan fingerprint density at radius 1 is 1.57 bits per heavy atom. The van der Waals surface area contributed by atoms with Gasteiger partial charge in [0.05, 0.1) is 6.07 Å². The van der Waals surface area contributed by atoms with Crippen LogP contribution in [0.3, 0.4) is 0 Å². The molecule has 14 heavy (non-hydrogen) atoms. The first-order chi connectivity index (χ1) is 6.35. The fourth-order valence-corrected chi connectivity index (χ4v) is 1.20. The zero-order valence-corrected chi connectivity index (χ0v) is 9.79. The smallest absolute Gasteiger partial charge is 0.242 e. The number of nitrogens with zero attached hydrogens (tertiary/aromatic N) is 2. The second-order valence-corrected chi connectivity index (χ2v) is 4.44. The van der Waals surface area contributed by atoms with Gasteiger partial charge in [-0.05, 0) is 19.8 Å². The van der Waals surface area contributed by atoms with Crippen molar-refractivity contribution in [1.29, 1.82) is 5.26 Å². The molecule has 0 aliphatic heterocycles. The van der Waals surface area contributed by atoms with Crippen LogP contribution in [0.15, 0.2) is 0 Å². The molecule has 0 aliphatic carbocycles. The summed E-state index contributed by atoms with van der Waals surface area (Å²) in [6.07, 6.45) is 1.05. The predicted molar refractivity (Wildman–Crippen MR) is 56.5 cm³/mol. The minimum Gasteiger partial charge on any atom is -0.344 e. The lowest BCUT2D eigenvalue weighted by Crippen LogP contribution is -2.39. The first-order valence-corrected chi connectivity index (χ1v) is 5.02. The van der Waals surface area contributed by atoms with Gasteiger partial charge >= 0.3 is 0 Å². The van der Waals surface area contributed by atoms with Gasteiger partial charge in [-0.3, -0.25) is 4.79 Å². The fraction of sp³-hybridized carbons (Fsp3) is 0.818. The molecule has 1 unspecified atom stereocenters. The molecule has 0 fully saturated rings. The van der Waals surface area contributed by atoms with E-state index < -0.39 is 5.41 Å². The van der Waals surface area contributed by atoms with E-state index in [1.807, 2.05) is 6.07 Å². The summed E-state index contributed by atoms with van der Waals surface area (Å²) in [7, 11) is 1.76. The topological polar surface area (TPSA) is 44.1 Å². The Balaban J connectivity index is 4.35. The molecule has 0 N–H and O–H groups in total. The van der Waals surface area contributed by atoms with Gasteiger partial charge in [0, 0.05) is 13.6 Å². The molecule has 0 rings (SSSR count). The molecular formula is C11H20N2O. The van der Waals surface area contributed by atoms with Crippen LogP contribution >= 0.6 is 0 Å². The highest BCUT2D eigenvalue weighted by molar-refractivity contribution is 5.84. The zero-order valence-electron chi connectivity index (χ0n) is 9.79. The van der Waals surface area contributed by atoms with Crippen LogP contribution in [0, 0.1) is 22.7 Å². The van der Waals surface area contributed by atoms with E-state index in [4.69, 9.17) is 5.26 Å². The van der Waals surface area contributed by atoms with Crippen molar-refractivity contribution in [3.05, 3.63) is 0 Å². The second kappa shape index (κ2) is 4.99. The van der Waals surface area contributed by atoms with Crippen LogP contribution in [0.5, 0.6) is 0 Å². The largest absolute Gasteiger partial charge is 0.344 e. The van der Waals surface area contributed by atoms with Crippen molar-refractivity contribution in [3.8, 4) is 6.07 Å². The van der Waals surface area contributed by atoms with Crippen molar-refractivity contribution >= 4 is 5.91 Å². The van der Waals surface area contributed by atoms with Crippen molar-refractivity contribution in [2.75, 3.05) is 13.6 Å². The number of amides is 1. The van der Waals surface area contributed by atoms with E-state index in [0.717, 1.165) is 13.0 Å². The van der Waals surface area contributed by atoms with Crippen molar-refractivity contribution < 1.29 is 4.79 Å².